The van der Waals surface area contributed by atoms with Crippen molar-refractivity contribution in [1.29, 1.82) is 0 Å². The molecule has 1 aromatic carbocycles. The van der Waals surface area contributed by atoms with Crippen molar-refractivity contribution < 1.29 is 4.74 Å². The lowest BCUT2D eigenvalue weighted by Crippen LogP contribution is -1.90. The maximum absolute atomic E-state index is 5.48. The summed E-state index contributed by atoms with van der Waals surface area (Å²) < 4.78 is 4.71. The molecular formula is C10H16N2O. The van der Waals surface area contributed by atoms with Gasteiger partial charge in [-0.3, -0.25) is 0 Å². The maximum Gasteiger partial charge on any atom is 0.0781 e. The second kappa shape index (κ2) is 4.14. The normalized spacial score (nSPS) is 18.8. The molecule has 3 heteroatoms. The van der Waals surface area contributed by atoms with E-state index in [0.29, 0.717) is 6.10 Å². The molecule has 1 fully saturated rings. The van der Waals surface area contributed by atoms with E-state index in [4.69, 9.17) is 16.2 Å². The van der Waals surface area contributed by atoms with Gasteiger partial charge in [0.25, 0.3) is 0 Å². The van der Waals surface area contributed by atoms with Crippen molar-refractivity contribution >= 4 is 11.4 Å². The Hall–Kier alpha value is -1.22. The van der Waals surface area contributed by atoms with Gasteiger partial charge in [-0.1, -0.05) is 0 Å². The largest absolute Gasteiger partial charge is 0.399 e. The first-order valence-corrected chi connectivity index (χ1v) is 4.32. The highest BCUT2D eigenvalue weighted by Gasteiger charge is 2.13. The van der Waals surface area contributed by atoms with Crippen LogP contribution in [-0.2, 0) is 4.74 Å². The topological polar surface area (TPSA) is 64.6 Å². The molecule has 0 spiro atoms. The van der Waals surface area contributed by atoms with Gasteiger partial charge in [0, 0.05) is 11.4 Å². The van der Waals surface area contributed by atoms with Crippen molar-refractivity contribution in [3.05, 3.63) is 23.8 Å². The summed E-state index contributed by atoms with van der Waals surface area (Å²) >= 11 is 0. The van der Waals surface area contributed by atoms with Gasteiger partial charge in [0.15, 0.2) is 0 Å². The fraction of sp³-hybridized carbons (Fsp3) is 0.400. The predicted octanol–water partition coefficient (Wildman–Crippen LogP) is 1.56. The van der Waals surface area contributed by atoms with E-state index in [9.17, 15) is 0 Å². The zero-order valence-corrected chi connectivity index (χ0v) is 8.08. The predicted molar refractivity (Wildman–Crippen MR) is 55.4 cm³/mol. The molecule has 1 aliphatic rings. The minimum atomic E-state index is 0.583. The molecule has 0 aromatic heterocycles. The molecule has 0 aliphatic carbocycles. The number of hydrogen-bond acceptors (Lipinski definition) is 3. The lowest BCUT2D eigenvalue weighted by molar-refractivity contribution is 0.423. The second-order valence-corrected chi connectivity index (χ2v) is 3.32. The van der Waals surface area contributed by atoms with E-state index in [1.54, 1.807) is 6.07 Å². The van der Waals surface area contributed by atoms with Crippen molar-refractivity contribution in [3.8, 4) is 0 Å². The van der Waals surface area contributed by atoms with Gasteiger partial charge in [-0.2, -0.15) is 0 Å². The quantitative estimate of drug-likeness (QED) is 0.470. The number of benzene rings is 1. The molecular weight excluding hydrogens is 164 g/mol. The molecule has 0 bridgehead atoms. The number of ether oxygens (including phenoxy) is 1. The number of epoxide rings is 1. The molecule has 2 rings (SSSR count). The Morgan fingerprint density at radius 2 is 1.62 bits per heavy atom. The molecule has 72 valence electrons. The lowest BCUT2D eigenvalue weighted by atomic mass is 10.2. The van der Waals surface area contributed by atoms with Crippen LogP contribution < -0.4 is 11.5 Å². The molecule has 1 heterocycles. The van der Waals surface area contributed by atoms with Crippen molar-refractivity contribution in [2.24, 2.45) is 0 Å². The Balaban J connectivity index is 0.000000175. The van der Waals surface area contributed by atoms with E-state index < -0.39 is 0 Å². The average molecular weight is 180 g/mol. The summed E-state index contributed by atoms with van der Waals surface area (Å²) in [6.07, 6.45) is 0.583. The third kappa shape index (κ3) is 4.38. The van der Waals surface area contributed by atoms with Crippen LogP contribution in [0.15, 0.2) is 18.2 Å². The van der Waals surface area contributed by atoms with Gasteiger partial charge in [0.2, 0.25) is 0 Å². The van der Waals surface area contributed by atoms with E-state index in [-0.39, 0.29) is 0 Å². The summed E-state index contributed by atoms with van der Waals surface area (Å²) in [5.41, 5.74) is 13.5. The molecule has 3 nitrogen and oxygen atoms in total. The van der Waals surface area contributed by atoms with Crippen LogP contribution in [0, 0.1) is 6.92 Å². The summed E-state index contributed by atoms with van der Waals surface area (Å²) in [6.45, 7) is 5.01. The summed E-state index contributed by atoms with van der Waals surface area (Å²) in [4.78, 5) is 0. The highest BCUT2D eigenvalue weighted by Crippen LogP contribution is 2.11. The van der Waals surface area contributed by atoms with Crippen molar-refractivity contribution in [3.63, 3.8) is 0 Å². The first-order chi connectivity index (χ1) is 6.08. The van der Waals surface area contributed by atoms with Gasteiger partial charge in [0.05, 0.1) is 12.7 Å². The molecule has 1 atom stereocenters. The van der Waals surface area contributed by atoms with Gasteiger partial charge >= 0.3 is 0 Å². The van der Waals surface area contributed by atoms with Crippen LogP contribution in [0.3, 0.4) is 0 Å². The highest BCUT2D eigenvalue weighted by atomic mass is 16.6. The third-order valence-electron chi connectivity index (χ3n) is 1.62. The van der Waals surface area contributed by atoms with Crippen LogP contribution in [0.1, 0.15) is 12.5 Å². The SMILES string of the molecule is CC1CO1.Cc1cc(N)cc(N)c1. The van der Waals surface area contributed by atoms with Gasteiger partial charge < -0.3 is 16.2 Å². The number of hydrogen-bond donors (Lipinski definition) is 2. The van der Waals surface area contributed by atoms with Crippen LogP contribution in [0.25, 0.3) is 0 Å². The zero-order chi connectivity index (χ0) is 9.84. The number of rotatable bonds is 0. The lowest BCUT2D eigenvalue weighted by Gasteiger charge is -1.97. The Morgan fingerprint density at radius 1 is 1.23 bits per heavy atom. The fourth-order valence-corrected chi connectivity index (χ4v) is 0.939. The Labute approximate surface area is 78.7 Å². The van der Waals surface area contributed by atoms with E-state index in [1.807, 2.05) is 19.1 Å². The highest BCUT2D eigenvalue weighted by molar-refractivity contribution is 5.53. The first kappa shape index (κ1) is 9.86. The molecule has 1 aliphatic heterocycles. The maximum atomic E-state index is 5.48. The molecule has 0 saturated carbocycles. The summed E-state index contributed by atoms with van der Waals surface area (Å²) in [7, 11) is 0. The van der Waals surface area contributed by atoms with E-state index in [2.05, 4.69) is 6.92 Å². The smallest absolute Gasteiger partial charge is 0.0781 e. The zero-order valence-electron chi connectivity index (χ0n) is 8.08. The molecule has 1 aromatic rings. The molecule has 0 amide bonds. The summed E-state index contributed by atoms with van der Waals surface area (Å²) in [5.74, 6) is 0. The number of nitrogens with two attached hydrogens (primary N) is 2. The third-order valence-corrected chi connectivity index (χ3v) is 1.62. The monoisotopic (exact) mass is 180 g/mol. The first-order valence-electron chi connectivity index (χ1n) is 4.32. The van der Waals surface area contributed by atoms with Gasteiger partial charge in [-0.15, -0.1) is 0 Å². The van der Waals surface area contributed by atoms with Crippen molar-refractivity contribution in [1.82, 2.24) is 0 Å². The number of aryl methyl sites for hydroxylation is 1. The Kier molecular flexibility index (Phi) is 3.14. The van der Waals surface area contributed by atoms with Crippen molar-refractivity contribution in [2.45, 2.75) is 20.0 Å². The molecule has 1 unspecified atom stereocenters. The van der Waals surface area contributed by atoms with E-state index in [0.717, 1.165) is 23.5 Å². The summed E-state index contributed by atoms with van der Waals surface area (Å²) in [5, 5.41) is 0. The Bertz CT molecular complexity index is 232. The van der Waals surface area contributed by atoms with E-state index in [1.165, 1.54) is 0 Å². The van der Waals surface area contributed by atoms with Crippen LogP contribution in [0.2, 0.25) is 0 Å². The van der Waals surface area contributed by atoms with Gasteiger partial charge in [0.1, 0.15) is 0 Å². The second-order valence-electron chi connectivity index (χ2n) is 3.32. The van der Waals surface area contributed by atoms with E-state index >= 15 is 0 Å². The molecule has 13 heavy (non-hydrogen) atoms. The fourth-order valence-electron chi connectivity index (χ4n) is 0.939. The average Bonchev–Trinajstić information content (AvgIpc) is 2.69. The standard InChI is InChI=1S/C7H10N2.C3H6O/c1-5-2-6(8)4-7(9)3-5;1-3-2-4-3/h2-4H,8-9H2,1H3;3H,2H2,1H3. The molecule has 1 saturated heterocycles. The Morgan fingerprint density at radius 3 is 1.85 bits per heavy atom. The minimum Gasteiger partial charge on any atom is -0.399 e. The van der Waals surface area contributed by atoms with Crippen LogP contribution in [0.4, 0.5) is 11.4 Å². The van der Waals surface area contributed by atoms with Crippen LogP contribution >= 0.6 is 0 Å². The van der Waals surface area contributed by atoms with Gasteiger partial charge in [-0.25, -0.2) is 0 Å². The summed E-state index contributed by atoms with van der Waals surface area (Å²) in [6, 6.07) is 5.51. The molecule has 0 radical (unpaired) electrons. The van der Waals surface area contributed by atoms with Crippen molar-refractivity contribution in [2.75, 3.05) is 18.1 Å². The number of anilines is 2. The van der Waals surface area contributed by atoms with Crippen LogP contribution in [-0.4, -0.2) is 12.7 Å². The minimum absolute atomic E-state index is 0.583. The van der Waals surface area contributed by atoms with Crippen LogP contribution in [0.5, 0.6) is 0 Å². The van der Waals surface area contributed by atoms with Gasteiger partial charge in [-0.05, 0) is 37.6 Å². The number of nitrogen functional groups attached to an aromatic ring is 2. The molecule has 4 N–H and O–H groups in total.